The van der Waals surface area contributed by atoms with Crippen molar-refractivity contribution in [2.45, 2.75) is 37.6 Å². The van der Waals surface area contributed by atoms with Crippen molar-refractivity contribution in [3.05, 3.63) is 24.0 Å². The first kappa shape index (κ1) is 10.6. The molecule has 90 valence electrons. The van der Waals surface area contributed by atoms with E-state index in [9.17, 15) is 4.79 Å². The lowest BCUT2D eigenvalue weighted by molar-refractivity contribution is 0.174. The number of amides is 1. The predicted molar refractivity (Wildman–Crippen MR) is 64.1 cm³/mol. The summed E-state index contributed by atoms with van der Waals surface area (Å²) in [5.74, 6) is 0.402. The fourth-order valence-electron chi connectivity index (χ4n) is 3.15. The number of hydrogen-bond acceptors (Lipinski definition) is 3. The van der Waals surface area contributed by atoms with Gasteiger partial charge in [0, 0.05) is 18.2 Å². The van der Waals surface area contributed by atoms with Crippen molar-refractivity contribution in [2.75, 3.05) is 12.0 Å². The van der Waals surface area contributed by atoms with Crippen LogP contribution in [0.5, 0.6) is 0 Å². The average molecular weight is 232 g/mol. The van der Waals surface area contributed by atoms with E-state index in [-0.39, 0.29) is 12.1 Å². The van der Waals surface area contributed by atoms with Gasteiger partial charge in [0.25, 0.3) is 0 Å². The van der Waals surface area contributed by atoms with Gasteiger partial charge in [0.2, 0.25) is 0 Å². The second-order valence-corrected chi connectivity index (χ2v) is 4.71. The van der Waals surface area contributed by atoms with Gasteiger partial charge in [-0.25, -0.2) is 4.79 Å². The molecule has 1 amide bonds. The molecular weight excluding hydrogens is 216 g/mol. The SMILES string of the molecule is COC(=O)N1c2cccnc2[C@H]2CCCC[C@@H]21. The first-order chi connectivity index (χ1) is 8.33. The molecule has 0 N–H and O–H groups in total. The summed E-state index contributed by atoms with van der Waals surface area (Å²) in [6, 6.07) is 4.10. The van der Waals surface area contributed by atoms with Gasteiger partial charge in [0.15, 0.2) is 0 Å². The predicted octanol–water partition coefficient (Wildman–Crippen LogP) is 2.69. The molecule has 2 aliphatic rings. The highest BCUT2D eigenvalue weighted by Crippen LogP contribution is 2.46. The lowest BCUT2D eigenvalue weighted by Crippen LogP contribution is -2.40. The number of methoxy groups -OCH3 is 1. The highest BCUT2D eigenvalue weighted by molar-refractivity contribution is 5.91. The quantitative estimate of drug-likeness (QED) is 0.690. The van der Waals surface area contributed by atoms with Crippen molar-refractivity contribution in [2.24, 2.45) is 0 Å². The maximum absolute atomic E-state index is 11.9. The summed E-state index contributed by atoms with van der Waals surface area (Å²) in [6.45, 7) is 0. The van der Waals surface area contributed by atoms with Crippen LogP contribution in [0.4, 0.5) is 10.5 Å². The largest absolute Gasteiger partial charge is 0.452 e. The second kappa shape index (κ2) is 4.02. The molecule has 0 unspecified atom stereocenters. The third-order valence-electron chi connectivity index (χ3n) is 3.86. The third-order valence-corrected chi connectivity index (χ3v) is 3.86. The van der Waals surface area contributed by atoms with Crippen molar-refractivity contribution in [3.63, 3.8) is 0 Å². The number of ether oxygens (including phenoxy) is 1. The Kier molecular flexibility index (Phi) is 2.50. The topological polar surface area (TPSA) is 42.4 Å². The molecule has 4 heteroatoms. The van der Waals surface area contributed by atoms with Crippen LogP contribution < -0.4 is 4.90 Å². The third kappa shape index (κ3) is 1.51. The van der Waals surface area contributed by atoms with Gasteiger partial charge in [0.05, 0.1) is 18.5 Å². The summed E-state index contributed by atoms with van der Waals surface area (Å²) in [6.07, 6.45) is 6.15. The number of pyridine rings is 1. The first-order valence-corrected chi connectivity index (χ1v) is 6.15. The number of fused-ring (bicyclic) bond motifs is 3. The van der Waals surface area contributed by atoms with Gasteiger partial charge < -0.3 is 4.74 Å². The number of aromatic nitrogens is 1. The monoisotopic (exact) mass is 232 g/mol. The van der Waals surface area contributed by atoms with Crippen LogP contribution in [0.25, 0.3) is 0 Å². The molecule has 17 heavy (non-hydrogen) atoms. The lowest BCUT2D eigenvalue weighted by atomic mass is 9.84. The van der Waals surface area contributed by atoms with Crippen LogP contribution in [0.15, 0.2) is 18.3 Å². The summed E-state index contributed by atoms with van der Waals surface area (Å²) in [5.41, 5.74) is 2.01. The van der Waals surface area contributed by atoms with Crippen LogP contribution in [-0.2, 0) is 4.74 Å². The fourth-order valence-corrected chi connectivity index (χ4v) is 3.15. The summed E-state index contributed by atoms with van der Waals surface area (Å²) in [5, 5.41) is 0. The van der Waals surface area contributed by atoms with Crippen molar-refractivity contribution in [1.29, 1.82) is 0 Å². The zero-order valence-corrected chi connectivity index (χ0v) is 9.93. The highest BCUT2D eigenvalue weighted by Gasteiger charge is 2.43. The van der Waals surface area contributed by atoms with Gasteiger partial charge in [-0.05, 0) is 25.0 Å². The van der Waals surface area contributed by atoms with E-state index in [4.69, 9.17) is 4.74 Å². The molecule has 0 aromatic carbocycles. The van der Waals surface area contributed by atoms with E-state index >= 15 is 0 Å². The standard InChI is InChI=1S/C13H16N2O2/c1-17-13(16)15-10-6-3-2-5-9(10)12-11(15)7-4-8-14-12/h4,7-10H,2-3,5-6H2,1H3/t9-,10-/m0/s1. The molecule has 2 atom stereocenters. The van der Waals surface area contributed by atoms with Crippen LogP contribution in [0, 0.1) is 0 Å². The minimum atomic E-state index is -0.256. The van der Waals surface area contributed by atoms with Crippen LogP contribution in [0.2, 0.25) is 0 Å². The summed E-state index contributed by atoms with van der Waals surface area (Å²) < 4.78 is 4.90. The smallest absolute Gasteiger partial charge is 0.414 e. The van der Waals surface area contributed by atoms with Gasteiger partial charge in [0.1, 0.15) is 0 Å². The summed E-state index contributed by atoms with van der Waals surface area (Å²) in [7, 11) is 1.44. The van der Waals surface area contributed by atoms with E-state index in [0.717, 1.165) is 24.2 Å². The summed E-state index contributed by atoms with van der Waals surface area (Å²) >= 11 is 0. The van der Waals surface area contributed by atoms with Gasteiger partial charge in [-0.15, -0.1) is 0 Å². The Morgan fingerprint density at radius 1 is 1.47 bits per heavy atom. The Bertz CT molecular complexity index is 447. The van der Waals surface area contributed by atoms with Gasteiger partial charge in [-0.3, -0.25) is 9.88 Å². The van der Waals surface area contributed by atoms with Crippen LogP contribution in [0.3, 0.4) is 0 Å². The Balaban J connectivity index is 2.05. The molecule has 1 saturated carbocycles. The Hall–Kier alpha value is -1.58. The zero-order valence-electron chi connectivity index (χ0n) is 9.93. The maximum atomic E-state index is 11.9. The van der Waals surface area contributed by atoms with Crippen molar-refractivity contribution in [3.8, 4) is 0 Å². The molecule has 1 aliphatic heterocycles. The number of anilines is 1. The minimum absolute atomic E-state index is 0.251. The van der Waals surface area contributed by atoms with E-state index in [0.29, 0.717) is 5.92 Å². The Morgan fingerprint density at radius 2 is 2.29 bits per heavy atom. The zero-order chi connectivity index (χ0) is 11.8. The molecule has 1 aromatic rings. The molecule has 0 saturated heterocycles. The highest BCUT2D eigenvalue weighted by atomic mass is 16.5. The fraction of sp³-hybridized carbons (Fsp3) is 0.538. The molecule has 0 spiro atoms. The van der Waals surface area contributed by atoms with Gasteiger partial charge in [-0.1, -0.05) is 12.8 Å². The van der Waals surface area contributed by atoms with Crippen LogP contribution in [0.1, 0.15) is 37.3 Å². The Morgan fingerprint density at radius 3 is 3.12 bits per heavy atom. The second-order valence-electron chi connectivity index (χ2n) is 4.71. The molecule has 1 fully saturated rings. The van der Waals surface area contributed by atoms with Gasteiger partial charge in [-0.2, -0.15) is 0 Å². The molecule has 3 rings (SSSR count). The molecular formula is C13H16N2O2. The average Bonchev–Trinajstić information content (AvgIpc) is 2.72. The number of hydrogen-bond donors (Lipinski definition) is 0. The molecule has 0 bridgehead atoms. The van der Waals surface area contributed by atoms with Crippen molar-refractivity contribution in [1.82, 2.24) is 4.98 Å². The number of carbonyl (C=O) groups excluding carboxylic acids is 1. The molecule has 1 aliphatic carbocycles. The number of carbonyl (C=O) groups is 1. The summed E-state index contributed by atoms with van der Waals surface area (Å²) in [4.78, 5) is 18.2. The van der Waals surface area contributed by atoms with E-state index < -0.39 is 0 Å². The molecule has 2 heterocycles. The molecule has 0 radical (unpaired) electrons. The van der Waals surface area contributed by atoms with Crippen molar-refractivity contribution >= 4 is 11.8 Å². The van der Waals surface area contributed by atoms with E-state index in [1.807, 2.05) is 18.3 Å². The minimum Gasteiger partial charge on any atom is -0.452 e. The van der Waals surface area contributed by atoms with E-state index in [2.05, 4.69) is 4.98 Å². The number of nitrogens with zero attached hydrogens (tertiary/aromatic N) is 2. The Labute approximate surface area is 101 Å². The molecule has 4 nitrogen and oxygen atoms in total. The normalized spacial score (nSPS) is 26.3. The van der Waals surface area contributed by atoms with E-state index in [1.54, 1.807) is 4.90 Å². The molecule has 1 aromatic heterocycles. The van der Waals surface area contributed by atoms with E-state index in [1.165, 1.54) is 20.0 Å². The maximum Gasteiger partial charge on any atom is 0.414 e. The number of rotatable bonds is 0. The van der Waals surface area contributed by atoms with Crippen LogP contribution >= 0.6 is 0 Å². The first-order valence-electron chi connectivity index (χ1n) is 6.15. The van der Waals surface area contributed by atoms with Crippen molar-refractivity contribution < 1.29 is 9.53 Å². The van der Waals surface area contributed by atoms with Gasteiger partial charge >= 0.3 is 6.09 Å². The lowest BCUT2D eigenvalue weighted by Gasteiger charge is -2.30. The van der Waals surface area contributed by atoms with Crippen LogP contribution in [-0.4, -0.2) is 24.2 Å².